The Kier molecular flexibility index (Phi) is 4.30. The largest absolute Gasteiger partial charge is 0.507 e. The van der Waals surface area contributed by atoms with Crippen LogP contribution in [0.3, 0.4) is 0 Å². The van der Waals surface area contributed by atoms with Crippen molar-refractivity contribution >= 4 is 22.6 Å². The number of phenols is 1. The Morgan fingerprint density at radius 2 is 1.79 bits per heavy atom. The minimum absolute atomic E-state index is 0.0970. The zero-order valence-corrected chi connectivity index (χ0v) is 15.9. The molecule has 6 nitrogen and oxygen atoms in total. The lowest BCUT2D eigenvalue weighted by Gasteiger charge is -2.36. The van der Waals surface area contributed by atoms with Crippen LogP contribution in [0.1, 0.15) is 12.8 Å². The third-order valence-corrected chi connectivity index (χ3v) is 5.60. The molecule has 1 amide bonds. The quantitative estimate of drug-likeness (QED) is 0.741. The van der Waals surface area contributed by atoms with Crippen LogP contribution in [-0.2, 0) is 4.79 Å². The molecule has 2 aromatic carbocycles. The molecule has 1 N–H and O–H groups in total. The lowest BCUT2D eigenvalue weighted by atomic mass is 10.1. The van der Waals surface area contributed by atoms with Crippen molar-refractivity contribution in [2.45, 2.75) is 12.8 Å². The van der Waals surface area contributed by atoms with Crippen LogP contribution < -0.4 is 4.90 Å². The number of hydrogen-bond acceptors (Lipinski definition) is 5. The van der Waals surface area contributed by atoms with Gasteiger partial charge >= 0.3 is 0 Å². The van der Waals surface area contributed by atoms with E-state index < -0.39 is 0 Å². The number of carbonyl (C=O) groups excluding carboxylic acids is 1. The third-order valence-electron chi connectivity index (χ3n) is 5.60. The van der Waals surface area contributed by atoms with Crippen molar-refractivity contribution in [3.63, 3.8) is 0 Å². The van der Waals surface area contributed by atoms with Crippen molar-refractivity contribution in [1.29, 1.82) is 0 Å². The topological polar surface area (TPSA) is 69.6 Å². The maximum absolute atomic E-state index is 14.0. The van der Waals surface area contributed by atoms with Crippen LogP contribution in [0.4, 0.5) is 10.2 Å². The van der Waals surface area contributed by atoms with E-state index in [4.69, 9.17) is 4.98 Å². The normalized spacial score (nSPS) is 17.0. The van der Waals surface area contributed by atoms with E-state index in [1.54, 1.807) is 24.3 Å². The first-order valence-electron chi connectivity index (χ1n) is 9.89. The summed E-state index contributed by atoms with van der Waals surface area (Å²) in [6.45, 7) is 2.51. The van der Waals surface area contributed by atoms with Gasteiger partial charge in [0.15, 0.2) is 5.82 Å². The summed E-state index contributed by atoms with van der Waals surface area (Å²) in [7, 11) is 0. The number of carbonyl (C=O) groups is 1. The zero-order chi connectivity index (χ0) is 20.0. The Morgan fingerprint density at radius 3 is 2.52 bits per heavy atom. The Labute approximate surface area is 167 Å². The zero-order valence-electron chi connectivity index (χ0n) is 15.9. The predicted octanol–water partition coefficient (Wildman–Crippen LogP) is 3.20. The monoisotopic (exact) mass is 392 g/mol. The Bertz CT molecular complexity index is 1090. The fraction of sp³-hybridized carbons (Fsp3) is 0.318. The van der Waals surface area contributed by atoms with Gasteiger partial charge in [-0.25, -0.2) is 14.4 Å². The van der Waals surface area contributed by atoms with E-state index in [0.717, 1.165) is 12.8 Å². The van der Waals surface area contributed by atoms with Gasteiger partial charge in [0, 0.05) is 37.5 Å². The van der Waals surface area contributed by atoms with Crippen molar-refractivity contribution < 1.29 is 14.3 Å². The van der Waals surface area contributed by atoms with E-state index in [-0.39, 0.29) is 23.4 Å². The highest BCUT2D eigenvalue weighted by molar-refractivity contribution is 5.91. The molecule has 1 saturated carbocycles. The molecule has 1 saturated heterocycles. The Morgan fingerprint density at radius 1 is 1.03 bits per heavy atom. The number of rotatable bonds is 3. The van der Waals surface area contributed by atoms with Gasteiger partial charge in [-0.2, -0.15) is 0 Å². The van der Waals surface area contributed by atoms with Crippen molar-refractivity contribution in [2.75, 3.05) is 31.1 Å². The highest BCUT2D eigenvalue weighted by Crippen LogP contribution is 2.34. The smallest absolute Gasteiger partial charge is 0.225 e. The lowest BCUT2D eigenvalue weighted by Crippen LogP contribution is -2.49. The Balaban J connectivity index is 1.52. The molecule has 0 atom stereocenters. The second-order valence-electron chi connectivity index (χ2n) is 7.64. The molecule has 3 aromatic rings. The van der Waals surface area contributed by atoms with Crippen molar-refractivity contribution in [1.82, 2.24) is 14.9 Å². The average molecular weight is 392 g/mol. The van der Waals surface area contributed by atoms with Gasteiger partial charge in [-0.15, -0.1) is 0 Å². The second kappa shape index (κ2) is 6.99. The van der Waals surface area contributed by atoms with Gasteiger partial charge in [-0.05, 0) is 43.2 Å². The van der Waals surface area contributed by atoms with Gasteiger partial charge in [-0.1, -0.05) is 12.1 Å². The molecule has 29 heavy (non-hydrogen) atoms. The SMILES string of the molecule is O=C(C1CC1)N1CCN(c2nc(-c3ccccc3O)nc3ccc(F)cc23)CC1. The predicted molar refractivity (Wildman–Crippen MR) is 108 cm³/mol. The first-order valence-corrected chi connectivity index (χ1v) is 9.89. The van der Waals surface area contributed by atoms with Gasteiger partial charge < -0.3 is 14.9 Å². The highest BCUT2D eigenvalue weighted by atomic mass is 19.1. The summed E-state index contributed by atoms with van der Waals surface area (Å²) >= 11 is 0. The molecular weight excluding hydrogens is 371 g/mol. The molecule has 1 aliphatic heterocycles. The summed E-state index contributed by atoms with van der Waals surface area (Å²) < 4.78 is 14.0. The van der Waals surface area contributed by atoms with Crippen molar-refractivity contribution in [3.05, 3.63) is 48.3 Å². The molecule has 0 radical (unpaired) electrons. The minimum atomic E-state index is -0.347. The number of hydrogen-bond donors (Lipinski definition) is 1. The third kappa shape index (κ3) is 3.37. The fourth-order valence-electron chi connectivity index (χ4n) is 3.84. The van der Waals surface area contributed by atoms with E-state index in [9.17, 15) is 14.3 Å². The van der Waals surface area contributed by atoms with E-state index in [1.165, 1.54) is 12.1 Å². The number of piperazine rings is 1. The second-order valence-corrected chi connectivity index (χ2v) is 7.64. The number of amides is 1. The molecule has 7 heteroatoms. The maximum atomic E-state index is 14.0. The van der Waals surface area contributed by atoms with Crippen LogP contribution in [0, 0.1) is 11.7 Å². The first-order chi connectivity index (χ1) is 14.1. The fourth-order valence-corrected chi connectivity index (χ4v) is 3.84. The Hall–Kier alpha value is -3.22. The molecule has 2 heterocycles. The molecule has 1 aliphatic carbocycles. The summed E-state index contributed by atoms with van der Waals surface area (Å²) in [4.78, 5) is 25.6. The molecule has 148 valence electrons. The minimum Gasteiger partial charge on any atom is -0.507 e. The van der Waals surface area contributed by atoms with Crippen LogP contribution in [0.15, 0.2) is 42.5 Å². The standard InChI is InChI=1S/C22H21FN4O2/c23-15-7-8-18-17(13-15)21(25-20(24-18)16-3-1-2-4-19(16)28)26-9-11-27(12-10-26)22(29)14-5-6-14/h1-4,7-8,13-14,28H,5-6,9-12H2. The molecule has 0 spiro atoms. The van der Waals surface area contributed by atoms with E-state index >= 15 is 0 Å². The van der Waals surface area contributed by atoms with E-state index in [0.29, 0.717) is 54.3 Å². The molecule has 2 fully saturated rings. The van der Waals surface area contributed by atoms with Crippen molar-refractivity contribution in [3.8, 4) is 17.1 Å². The van der Waals surface area contributed by atoms with Gasteiger partial charge in [0.25, 0.3) is 0 Å². The number of aromatic hydroxyl groups is 1. The number of fused-ring (bicyclic) bond motifs is 1. The van der Waals surface area contributed by atoms with Crippen LogP contribution in [0.2, 0.25) is 0 Å². The van der Waals surface area contributed by atoms with Gasteiger partial charge in [0.2, 0.25) is 5.91 Å². The number of para-hydroxylation sites is 1. The molecule has 1 aromatic heterocycles. The average Bonchev–Trinajstić information content (AvgIpc) is 3.58. The molecule has 5 rings (SSSR count). The van der Waals surface area contributed by atoms with Gasteiger partial charge in [0.1, 0.15) is 17.4 Å². The van der Waals surface area contributed by atoms with Crippen LogP contribution in [-0.4, -0.2) is 52.1 Å². The number of benzene rings is 2. The van der Waals surface area contributed by atoms with Crippen LogP contribution in [0.25, 0.3) is 22.3 Å². The van der Waals surface area contributed by atoms with Gasteiger partial charge in [0.05, 0.1) is 11.1 Å². The number of nitrogens with zero attached hydrogens (tertiary/aromatic N) is 4. The number of aromatic nitrogens is 2. The number of halogens is 1. The molecular formula is C22H21FN4O2. The van der Waals surface area contributed by atoms with Gasteiger partial charge in [-0.3, -0.25) is 4.79 Å². The molecule has 0 bridgehead atoms. The van der Waals surface area contributed by atoms with Crippen LogP contribution >= 0.6 is 0 Å². The summed E-state index contributed by atoms with van der Waals surface area (Å²) in [5.41, 5.74) is 1.15. The highest BCUT2D eigenvalue weighted by Gasteiger charge is 2.35. The number of anilines is 1. The molecule has 2 aliphatic rings. The summed E-state index contributed by atoms with van der Waals surface area (Å²) in [5, 5.41) is 10.9. The van der Waals surface area contributed by atoms with Crippen molar-refractivity contribution in [2.24, 2.45) is 5.92 Å². The molecule has 0 unspecified atom stereocenters. The summed E-state index contributed by atoms with van der Waals surface area (Å²) in [5.74, 6) is 1.24. The maximum Gasteiger partial charge on any atom is 0.225 e. The number of phenolic OH excluding ortho intramolecular Hbond substituents is 1. The first kappa shape index (κ1) is 17.8. The lowest BCUT2D eigenvalue weighted by molar-refractivity contribution is -0.132. The summed E-state index contributed by atoms with van der Waals surface area (Å²) in [6, 6.07) is 11.4. The van der Waals surface area contributed by atoms with Crippen LogP contribution in [0.5, 0.6) is 5.75 Å². The van der Waals surface area contributed by atoms with E-state index in [1.807, 2.05) is 11.0 Å². The van der Waals surface area contributed by atoms with E-state index in [2.05, 4.69) is 9.88 Å². The summed E-state index contributed by atoms with van der Waals surface area (Å²) in [6.07, 6.45) is 2.00.